The SMILES string of the molecule is CCOC(Cc1cccc(CC(OC)OCC)c1)OC. The summed E-state index contributed by atoms with van der Waals surface area (Å²) in [6.07, 6.45) is 1.09. The zero-order valence-electron chi connectivity index (χ0n) is 12.9. The smallest absolute Gasteiger partial charge is 0.161 e. The van der Waals surface area contributed by atoms with Crippen molar-refractivity contribution in [1.82, 2.24) is 0 Å². The molecule has 2 unspecified atom stereocenters. The summed E-state index contributed by atoms with van der Waals surface area (Å²) in [5.41, 5.74) is 2.38. The van der Waals surface area contributed by atoms with Gasteiger partial charge in [-0.05, 0) is 25.0 Å². The fraction of sp³-hybridized carbons (Fsp3) is 0.625. The maximum absolute atomic E-state index is 5.50. The zero-order chi connectivity index (χ0) is 14.8. The highest BCUT2D eigenvalue weighted by Gasteiger charge is 2.11. The van der Waals surface area contributed by atoms with E-state index in [4.69, 9.17) is 18.9 Å². The Balaban J connectivity index is 2.64. The van der Waals surface area contributed by atoms with Crippen molar-refractivity contribution in [2.45, 2.75) is 39.3 Å². The maximum atomic E-state index is 5.50. The van der Waals surface area contributed by atoms with Gasteiger partial charge in [0.25, 0.3) is 0 Å². The Morgan fingerprint density at radius 3 is 1.65 bits per heavy atom. The molecule has 0 spiro atoms. The number of hydrogen-bond acceptors (Lipinski definition) is 4. The molecule has 0 fully saturated rings. The third kappa shape index (κ3) is 6.01. The molecule has 0 aromatic heterocycles. The van der Waals surface area contributed by atoms with Crippen LogP contribution in [0.15, 0.2) is 24.3 Å². The first-order valence-corrected chi connectivity index (χ1v) is 7.10. The monoisotopic (exact) mass is 282 g/mol. The predicted octanol–water partition coefficient (Wildman–Crippen LogP) is 2.79. The normalized spacial score (nSPS) is 14.2. The van der Waals surface area contributed by atoms with E-state index in [1.54, 1.807) is 14.2 Å². The molecular weight excluding hydrogens is 256 g/mol. The standard InChI is InChI=1S/C16H26O4/c1-5-19-15(17-3)11-13-8-7-9-14(10-13)12-16(18-4)20-6-2/h7-10,15-16H,5-6,11-12H2,1-4H3. The minimum absolute atomic E-state index is 0.194. The molecule has 114 valence electrons. The molecule has 0 radical (unpaired) electrons. The first-order valence-electron chi connectivity index (χ1n) is 7.10. The summed E-state index contributed by atoms with van der Waals surface area (Å²) in [7, 11) is 3.33. The summed E-state index contributed by atoms with van der Waals surface area (Å²) in [6, 6.07) is 8.35. The van der Waals surface area contributed by atoms with Crippen LogP contribution in [0, 0.1) is 0 Å². The molecule has 0 saturated carbocycles. The second-order valence-electron chi connectivity index (χ2n) is 4.47. The lowest BCUT2D eigenvalue weighted by Crippen LogP contribution is -2.19. The number of hydrogen-bond donors (Lipinski definition) is 0. The van der Waals surface area contributed by atoms with E-state index in [9.17, 15) is 0 Å². The van der Waals surface area contributed by atoms with Gasteiger partial charge in [0.05, 0.1) is 0 Å². The van der Waals surface area contributed by atoms with Crippen molar-refractivity contribution < 1.29 is 18.9 Å². The van der Waals surface area contributed by atoms with E-state index in [-0.39, 0.29) is 12.6 Å². The maximum Gasteiger partial charge on any atom is 0.161 e. The molecule has 0 aliphatic heterocycles. The molecule has 4 heteroatoms. The minimum atomic E-state index is -0.194. The molecule has 1 rings (SSSR count). The summed E-state index contributed by atoms with van der Waals surface area (Å²) in [4.78, 5) is 0. The molecule has 0 aliphatic rings. The quantitative estimate of drug-likeness (QED) is 0.618. The van der Waals surface area contributed by atoms with Crippen LogP contribution < -0.4 is 0 Å². The fourth-order valence-corrected chi connectivity index (χ4v) is 2.06. The average molecular weight is 282 g/mol. The first kappa shape index (κ1) is 17.1. The number of benzene rings is 1. The third-order valence-corrected chi connectivity index (χ3v) is 3.03. The molecule has 4 nitrogen and oxygen atoms in total. The lowest BCUT2D eigenvalue weighted by atomic mass is 10.1. The van der Waals surface area contributed by atoms with Gasteiger partial charge in [0.1, 0.15) is 0 Å². The van der Waals surface area contributed by atoms with Crippen molar-refractivity contribution in [3.05, 3.63) is 35.4 Å². The van der Waals surface area contributed by atoms with Crippen LogP contribution in [0.2, 0.25) is 0 Å². The van der Waals surface area contributed by atoms with E-state index in [0.29, 0.717) is 13.2 Å². The Bertz CT molecular complexity index is 336. The van der Waals surface area contributed by atoms with Gasteiger partial charge in [-0.3, -0.25) is 0 Å². The summed E-state index contributed by atoms with van der Waals surface area (Å²) in [5, 5.41) is 0. The number of methoxy groups -OCH3 is 2. The predicted molar refractivity (Wildman–Crippen MR) is 78.7 cm³/mol. The van der Waals surface area contributed by atoms with Gasteiger partial charge in [0.15, 0.2) is 12.6 Å². The Hall–Kier alpha value is -0.940. The van der Waals surface area contributed by atoms with E-state index in [1.807, 2.05) is 19.9 Å². The van der Waals surface area contributed by atoms with Crippen LogP contribution in [0.3, 0.4) is 0 Å². The van der Waals surface area contributed by atoms with E-state index >= 15 is 0 Å². The van der Waals surface area contributed by atoms with Crippen LogP contribution in [-0.2, 0) is 31.8 Å². The van der Waals surface area contributed by atoms with Crippen LogP contribution in [0.4, 0.5) is 0 Å². The lowest BCUT2D eigenvalue weighted by molar-refractivity contribution is -0.119. The second kappa shape index (κ2) is 9.88. The molecule has 20 heavy (non-hydrogen) atoms. The summed E-state index contributed by atoms with van der Waals surface area (Å²) >= 11 is 0. The van der Waals surface area contributed by atoms with Gasteiger partial charge < -0.3 is 18.9 Å². The van der Waals surface area contributed by atoms with Crippen molar-refractivity contribution in [1.29, 1.82) is 0 Å². The van der Waals surface area contributed by atoms with Crippen molar-refractivity contribution >= 4 is 0 Å². The van der Waals surface area contributed by atoms with Gasteiger partial charge in [-0.1, -0.05) is 24.3 Å². The zero-order valence-corrected chi connectivity index (χ0v) is 12.9. The molecule has 0 N–H and O–H groups in total. The van der Waals surface area contributed by atoms with E-state index in [0.717, 1.165) is 12.8 Å². The minimum Gasteiger partial charge on any atom is -0.356 e. The van der Waals surface area contributed by atoms with Crippen LogP contribution in [0.25, 0.3) is 0 Å². The van der Waals surface area contributed by atoms with E-state index in [1.165, 1.54) is 11.1 Å². The highest BCUT2D eigenvalue weighted by atomic mass is 16.7. The van der Waals surface area contributed by atoms with Gasteiger partial charge in [-0.2, -0.15) is 0 Å². The van der Waals surface area contributed by atoms with Crippen LogP contribution in [0.5, 0.6) is 0 Å². The molecule has 2 atom stereocenters. The Kier molecular flexibility index (Phi) is 8.46. The second-order valence-corrected chi connectivity index (χ2v) is 4.47. The highest BCUT2D eigenvalue weighted by molar-refractivity contribution is 5.24. The Morgan fingerprint density at radius 1 is 0.850 bits per heavy atom. The van der Waals surface area contributed by atoms with E-state index in [2.05, 4.69) is 18.2 Å². The molecule has 0 bridgehead atoms. The lowest BCUT2D eigenvalue weighted by Gasteiger charge is -2.17. The third-order valence-electron chi connectivity index (χ3n) is 3.03. The average Bonchev–Trinajstić information content (AvgIpc) is 2.46. The summed E-state index contributed by atoms with van der Waals surface area (Å²) < 4.78 is 21.6. The molecule has 0 heterocycles. The van der Waals surface area contributed by atoms with Crippen molar-refractivity contribution in [3.8, 4) is 0 Å². The van der Waals surface area contributed by atoms with Gasteiger partial charge in [-0.15, -0.1) is 0 Å². The molecule has 1 aromatic carbocycles. The summed E-state index contributed by atoms with van der Waals surface area (Å²) in [5.74, 6) is 0. The van der Waals surface area contributed by atoms with Gasteiger partial charge >= 0.3 is 0 Å². The molecule has 0 amide bonds. The largest absolute Gasteiger partial charge is 0.356 e. The Morgan fingerprint density at radius 2 is 1.30 bits per heavy atom. The first-order chi connectivity index (χ1) is 9.73. The van der Waals surface area contributed by atoms with Gasteiger partial charge in [0.2, 0.25) is 0 Å². The van der Waals surface area contributed by atoms with Crippen molar-refractivity contribution in [2.24, 2.45) is 0 Å². The van der Waals surface area contributed by atoms with Crippen LogP contribution in [0.1, 0.15) is 25.0 Å². The molecule has 1 aromatic rings. The molecule has 0 aliphatic carbocycles. The fourth-order valence-electron chi connectivity index (χ4n) is 2.06. The van der Waals surface area contributed by atoms with Crippen LogP contribution >= 0.6 is 0 Å². The molecular formula is C16H26O4. The van der Waals surface area contributed by atoms with E-state index < -0.39 is 0 Å². The number of rotatable bonds is 10. The number of ether oxygens (including phenoxy) is 4. The Labute approximate surface area is 122 Å². The van der Waals surface area contributed by atoms with Gasteiger partial charge in [-0.25, -0.2) is 0 Å². The van der Waals surface area contributed by atoms with Crippen molar-refractivity contribution in [2.75, 3.05) is 27.4 Å². The van der Waals surface area contributed by atoms with Crippen molar-refractivity contribution in [3.63, 3.8) is 0 Å². The topological polar surface area (TPSA) is 36.9 Å². The molecule has 0 saturated heterocycles. The van der Waals surface area contributed by atoms with Crippen LogP contribution in [-0.4, -0.2) is 40.0 Å². The van der Waals surface area contributed by atoms with Gasteiger partial charge in [0, 0.05) is 40.3 Å². The highest BCUT2D eigenvalue weighted by Crippen LogP contribution is 2.13. The summed E-state index contributed by atoms with van der Waals surface area (Å²) in [6.45, 7) is 5.23.